The quantitative estimate of drug-likeness (QED) is 0.940. The predicted molar refractivity (Wildman–Crippen MR) is 79.4 cm³/mol. The number of ether oxygens (including phenoxy) is 1. The van der Waals surface area contributed by atoms with E-state index in [9.17, 15) is 0 Å². The molecule has 5 heteroatoms. The number of hydrogen-bond donors (Lipinski definition) is 1. The second kappa shape index (κ2) is 5.75. The van der Waals surface area contributed by atoms with Crippen molar-refractivity contribution in [1.29, 1.82) is 0 Å². The third kappa shape index (κ3) is 2.67. The van der Waals surface area contributed by atoms with E-state index in [1.807, 2.05) is 23.7 Å². The van der Waals surface area contributed by atoms with E-state index in [1.54, 1.807) is 13.3 Å². The van der Waals surface area contributed by atoms with Crippen LogP contribution in [0.5, 0.6) is 5.75 Å². The smallest absolute Gasteiger partial charge is 0.161 e. The molecule has 1 atom stereocenters. The molecule has 0 aliphatic rings. The maximum absolute atomic E-state index is 6.38. The van der Waals surface area contributed by atoms with Crippen molar-refractivity contribution in [2.24, 2.45) is 5.73 Å². The molecule has 0 saturated carbocycles. The van der Waals surface area contributed by atoms with Crippen molar-refractivity contribution in [3.8, 4) is 5.75 Å². The third-order valence-corrected chi connectivity index (χ3v) is 4.09. The zero-order valence-electron chi connectivity index (χ0n) is 11.4. The van der Waals surface area contributed by atoms with E-state index >= 15 is 0 Å². The highest BCUT2D eigenvalue weighted by molar-refractivity contribution is 9.10. The van der Waals surface area contributed by atoms with E-state index in [2.05, 4.69) is 34.0 Å². The van der Waals surface area contributed by atoms with Crippen LogP contribution in [-0.4, -0.2) is 16.9 Å². The molecule has 0 aliphatic carbocycles. The highest BCUT2D eigenvalue weighted by Gasteiger charge is 2.20. The number of benzene rings is 1. The van der Waals surface area contributed by atoms with Gasteiger partial charge in [0.1, 0.15) is 5.69 Å². The summed E-state index contributed by atoms with van der Waals surface area (Å²) in [6, 6.07) is 5.88. The summed E-state index contributed by atoms with van der Waals surface area (Å²) in [7, 11) is 1.64. The van der Waals surface area contributed by atoms with E-state index in [-0.39, 0.29) is 6.04 Å². The first-order chi connectivity index (χ1) is 9.08. The zero-order valence-corrected chi connectivity index (χ0v) is 12.9. The lowest BCUT2D eigenvalue weighted by Gasteiger charge is -2.16. The number of hydrogen-bond acceptors (Lipinski definition) is 3. The molecule has 102 valence electrons. The minimum absolute atomic E-state index is 0.246. The van der Waals surface area contributed by atoms with Crippen molar-refractivity contribution >= 4 is 15.9 Å². The van der Waals surface area contributed by atoms with Crippen LogP contribution in [0, 0.1) is 6.92 Å². The van der Waals surface area contributed by atoms with Gasteiger partial charge in [-0.1, -0.05) is 28.1 Å². The number of rotatable bonds is 4. The standard InChI is InChI=1S/C14H18BrN3O/c1-4-18-14(12(19-3)8-17-18)13(16)10-5-6-11(15)9(2)7-10/h5-8,13H,4,16H2,1-3H3. The van der Waals surface area contributed by atoms with Gasteiger partial charge in [0.15, 0.2) is 5.75 Å². The van der Waals surface area contributed by atoms with Gasteiger partial charge in [-0.3, -0.25) is 4.68 Å². The summed E-state index contributed by atoms with van der Waals surface area (Å²) >= 11 is 3.50. The molecule has 0 aliphatic heterocycles. The summed E-state index contributed by atoms with van der Waals surface area (Å²) in [6.45, 7) is 4.85. The average molecular weight is 324 g/mol. The fourth-order valence-corrected chi connectivity index (χ4v) is 2.37. The Bertz CT molecular complexity index is 559. The number of halogens is 1. The van der Waals surface area contributed by atoms with Gasteiger partial charge in [-0.05, 0) is 31.0 Å². The van der Waals surface area contributed by atoms with E-state index in [1.165, 1.54) is 0 Å². The largest absolute Gasteiger partial charge is 0.493 e. The highest BCUT2D eigenvalue weighted by atomic mass is 79.9. The van der Waals surface area contributed by atoms with Crippen molar-refractivity contribution in [3.63, 3.8) is 0 Å². The van der Waals surface area contributed by atoms with E-state index in [0.29, 0.717) is 0 Å². The maximum Gasteiger partial charge on any atom is 0.161 e. The number of aryl methyl sites for hydroxylation is 2. The molecular weight excluding hydrogens is 306 g/mol. The lowest BCUT2D eigenvalue weighted by atomic mass is 10.0. The van der Waals surface area contributed by atoms with Crippen molar-refractivity contribution in [2.45, 2.75) is 26.4 Å². The Hall–Kier alpha value is -1.33. The molecule has 0 spiro atoms. The van der Waals surface area contributed by atoms with Crippen LogP contribution in [0.1, 0.15) is 29.8 Å². The first-order valence-corrected chi connectivity index (χ1v) is 6.99. The summed E-state index contributed by atoms with van der Waals surface area (Å²) in [5.74, 6) is 0.731. The van der Waals surface area contributed by atoms with Crippen LogP contribution in [-0.2, 0) is 6.54 Å². The van der Waals surface area contributed by atoms with Crippen LogP contribution in [0.4, 0.5) is 0 Å². The van der Waals surface area contributed by atoms with Gasteiger partial charge >= 0.3 is 0 Å². The molecule has 0 bridgehead atoms. The van der Waals surface area contributed by atoms with Crippen molar-refractivity contribution in [3.05, 3.63) is 45.7 Å². The Morgan fingerprint density at radius 1 is 1.47 bits per heavy atom. The van der Waals surface area contributed by atoms with Gasteiger partial charge in [-0.2, -0.15) is 5.10 Å². The molecule has 1 aromatic carbocycles. The summed E-state index contributed by atoms with van der Waals surface area (Å²) in [5.41, 5.74) is 9.50. The molecule has 0 fully saturated rings. The fraction of sp³-hybridized carbons (Fsp3) is 0.357. The summed E-state index contributed by atoms with van der Waals surface area (Å²) < 4.78 is 8.31. The lowest BCUT2D eigenvalue weighted by molar-refractivity contribution is 0.404. The molecule has 19 heavy (non-hydrogen) atoms. The highest BCUT2D eigenvalue weighted by Crippen LogP contribution is 2.30. The minimum atomic E-state index is -0.246. The Morgan fingerprint density at radius 2 is 2.21 bits per heavy atom. The number of nitrogens with zero attached hydrogens (tertiary/aromatic N) is 2. The van der Waals surface area contributed by atoms with E-state index in [4.69, 9.17) is 10.5 Å². The maximum atomic E-state index is 6.38. The summed E-state index contributed by atoms with van der Waals surface area (Å²) in [4.78, 5) is 0. The molecule has 1 aromatic heterocycles. The van der Waals surface area contributed by atoms with Gasteiger partial charge in [0.25, 0.3) is 0 Å². The molecule has 4 nitrogen and oxygen atoms in total. The van der Waals surface area contributed by atoms with Gasteiger partial charge < -0.3 is 10.5 Å². The number of methoxy groups -OCH3 is 1. The number of nitrogens with two attached hydrogens (primary N) is 1. The molecule has 1 heterocycles. The van der Waals surface area contributed by atoms with Crippen LogP contribution in [0.15, 0.2) is 28.9 Å². The second-order valence-corrected chi connectivity index (χ2v) is 5.25. The number of aromatic nitrogens is 2. The molecule has 0 radical (unpaired) electrons. The van der Waals surface area contributed by atoms with Crippen molar-refractivity contribution in [1.82, 2.24) is 9.78 Å². The molecule has 0 saturated heterocycles. The second-order valence-electron chi connectivity index (χ2n) is 4.40. The van der Waals surface area contributed by atoms with Crippen molar-refractivity contribution in [2.75, 3.05) is 7.11 Å². The lowest BCUT2D eigenvalue weighted by Crippen LogP contribution is -2.18. The molecule has 2 aromatic rings. The molecule has 2 N–H and O–H groups in total. The Kier molecular flexibility index (Phi) is 4.27. The van der Waals surface area contributed by atoms with Crippen LogP contribution in [0.3, 0.4) is 0 Å². The van der Waals surface area contributed by atoms with Crippen molar-refractivity contribution < 1.29 is 4.74 Å². The van der Waals surface area contributed by atoms with Crippen LogP contribution in [0.25, 0.3) is 0 Å². The first kappa shape index (κ1) is 14.1. The molecule has 2 rings (SSSR count). The Labute approximate surface area is 121 Å². The average Bonchev–Trinajstić information content (AvgIpc) is 2.83. The summed E-state index contributed by atoms with van der Waals surface area (Å²) in [5, 5.41) is 4.29. The van der Waals surface area contributed by atoms with Gasteiger partial charge in [-0.15, -0.1) is 0 Å². The fourth-order valence-electron chi connectivity index (χ4n) is 2.12. The monoisotopic (exact) mass is 323 g/mol. The SMILES string of the molecule is CCn1ncc(OC)c1C(N)c1ccc(Br)c(C)c1. The van der Waals surface area contributed by atoms with Crippen LogP contribution >= 0.6 is 15.9 Å². The van der Waals surface area contributed by atoms with Gasteiger partial charge in [0, 0.05) is 11.0 Å². The van der Waals surface area contributed by atoms with E-state index < -0.39 is 0 Å². The van der Waals surface area contributed by atoms with Gasteiger partial charge in [-0.25, -0.2) is 0 Å². The predicted octanol–water partition coefficient (Wildman–Crippen LogP) is 3.03. The normalized spacial score (nSPS) is 12.5. The van der Waals surface area contributed by atoms with Gasteiger partial charge in [0.05, 0.1) is 19.3 Å². The summed E-state index contributed by atoms with van der Waals surface area (Å²) in [6.07, 6.45) is 1.71. The minimum Gasteiger partial charge on any atom is -0.493 e. The first-order valence-electron chi connectivity index (χ1n) is 6.19. The molecule has 1 unspecified atom stereocenters. The molecular formula is C14H18BrN3O. The van der Waals surface area contributed by atoms with E-state index in [0.717, 1.165) is 33.6 Å². The zero-order chi connectivity index (χ0) is 14.0. The van der Waals surface area contributed by atoms with Crippen LogP contribution in [0.2, 0.25) is 0 Å². The van der Waals surface area contributed by atoms with Gasteiger partial charge in [0.2, 0.25) is 0 Å². The Balaban J connectivity index is 2.45. The molecule has 0 amide bonds. The third-order valence-electron chi connectivity index (χ3n) is 3.20. The topological polar surface area (TPSA) is 53.1 Å². The van der Waals surface area contributed by atoms with Crippen LogP contribution < -0.4 is 10.5 Å². The Morgan fingerprint density at radius 3 is 2.79 bits per heavy atom.